The second-order valence-corrected chi connectivity index (χ2v) is 19.8. The van der Waals surface area contributed by atoms with E-state index in [-0.39, 0.29) is 67.6 Å². The van der Waals surface area contributed by atoms with Crippen molar-refractivity contribution in [3.05, 3.63) is 92.5 Å². The topological polar surface area (TPSA) is 253 Å². The van der Waals surface area contributed by atoms with Crippen LogP contribution in [0.4, 0.5) is 9.59 Å². The van der Waals surface area contributed by atoms with Crippen LogP contribution in [0.2, 0.25) is 0 Å². The summed E-state index contributed by atoms with van der Waals surface area (Å²) in [6, 6.07) is 9.70. The molecule has 2 amide bonds. The molecule has 4 atom stereocenters. The van der Waals surface area contributed by atoms with Gasteiger partial charge in [0, 0.05) is 23.9 Å². The van der Waals surface area contributed by atoms with Gasteiger partial charge in [-0.2, -0.15) is 10.2 Å². The molecule has 4 aromatic heterocycles. The Balaban J connectivity index is 0.000000207. The van der Waals surface area contributed by atoms with Gasteiger partial charge in [-0.05, 0) is 113 Å². The molecule has 22 heteroatoms. The minimum absolute atomic E-state index is 0.0288. The zero-order valence-corrected chi connectivity index (χ0v) is 41.4. The predicted octanol–water partition coefficient (Wildman–Crippen LogP) is 4.89. The summed E-state index contributed by atoms with van der Waals surface area (Å²) < 4.78 is 25.1. The highest BCUT2D eigenvalue weighted by atomic mass is 16.6. The van der Waals surface area contributed by atoms with Crippen LogP contribution in [0.25, 0.3) is 33.2 Å². The Bertz CT molecular complexity index is 3100. The maximum absolute atomic E-state index is 13.6. The van der Waals surface area contributed by atoms with E-state index in [9.17, 15) is 44.1 Å². The number of aromatic nitrogens is 8. The van der Waals surface area contributed by atoms with Crippen molar-refractivity contribution in [1.29, 1.82) is 0 Å². The number of aliphatic hydroxyl groups excluding tert-OH is 2. The van der Waals surface area contributed by atoms with Gasteiger partial charge < -0.3 is 29.5 Å². The van der Waals surface area contributed by atoms with Crippen molar-refractivity contribution in [2.75, 3.05) is 6.61 Å². The Hall–Kier alpha value is -7.20. The summed E-state index contributed by atoms with van der Waals surface area (Å²) in [4.78, 5) is 81.0. The number of carboxylic acids is 1. The highest BCUT2D eigenvalue weighted by Crippen LogP contribution is 2.29. The molecule has 0 spiro atoms. The molecule has 0 bridgehead atoms. The largest absolute Gasteiger partial charge is 0.477 e. The zero-order chi connectivity index (χ0) is 51.3. The summed E-state index contributed by atoms with van der Waals surface area (Å²) in [6.45, 7) is 20.4. The van der Waals surface area contributed by atoms with Gasteiger partial charge >= 0.3 is 35.5 Å². The van der Waals surface area contributed by atoms with E-state index in [1.165, 1.54) is 23.5 Å². The number of esters is 1. The molecule has 0 aliphatic carbocycles. The SMILES string of the molecule is CC1Cn2c(c(C(=O)O)n(-c3ccc4c(cnn4C[C@@H](C)O)c3)c2=O)CN1C(=O)OC(C)(C)C.CCOC(=O)c1c2n(c(=O)n1-c1ccc3c(cnn3C[C@@H](C)O)c1)CC(C)N(C(=O)OC(C)(C)C)C2. The number of nitrogens with zero attached hydrogens (tertiary/aromatic N) is 10. The van der Waals surface area contributed by atoms with Gasteiger partial charge in [0.25, 0.3) is 0 Å². The number of carboxylic acid groups (broad SMARTS) is 1. The lowest BCUT2D eigenvalue weighted by Gasteiger charge is -2.35. The Morgan fingerprint density at radius 3 is 1.46 bits per heavy atom. The van der Waals surface area contributed by atoms with Crippen LogP contribution in [0.3, 0.4) is 0 Å². The quantitative estimate of drug-likeness (QED) is 0.129. The van der Waals surface area contributed by atoms with Gasteiger partial charge in [0.1, 0.15) is 11.2 Å². The van der Waals surface area contributed by atoms with Crippen LogP contribution in [0.1, 0.15) is 109 Å². The van der Waals surface area contributed by atoms with E-state index in [0.717, 1.165) is 21.0 Å². The first kappa shape index (κ1) is 50.7. The van der Waals surface area contributed by atoms with Crippen molar-refractivity contribution >= 4 is 45.9 Å². The molecule has 6 heterocycles. The minimum Gasteiger partial charge on any atom is -0.477 e. The normalized spacial score (nSPS) is 16.8. The standard InChI is InChI=1S/C25H33N5O6.C23H29N5O6/c1-7-35-22(32)21-20-14-27(24(34)36-25(4,5)6)15(2)12-28(20)23(33)30(21)18-8-9-19-17(10-18)11-26-29(19)13-16(3)31;1-13-10-26-18(12-25(13)22(33)34-23(3,4)5)19(20(30)31)28(21(26)32)16-6-7-17-15(8-16)9-24-27(17)11-14(2)29/h8-11,15-16,31H,7,12-14H2,1-6H3;6-9,13-14,29H,10-12H2,1-5H3,(H,30,31)/t15?,16-;13?,14-/m11/s1. The Morgan fingerprint density at radius 1 is 0.686 bits per heavy atom. The highest BCUT2D eigenvalue weighted by Gasteiger charge is 2.39. The number of hydrogen-bond acceptors (Lipinski definition) is 13. The lowest BCUT2D eigenvalue weighted by Crippen LogP contribution is -2.48. The van der Waals surface area contributed by atoms with Crippen LogP contribution in [0.15, 0.2) is 58.4 Å². The first-order chi connectivity index (χ1) is 32.8. The molecule has 22 nitrogen and oxygen atoms in total. The third kappa shape index (κ3) is 10.2. The van der Waals surface area contributed by atoms with E-state index in [1.54, 1.807) is 127 Å². The number of carbonyl (C=O) groups is 4. The molecule has 0 fully saturated rings. The Labute approximate surface area is 402 Å². The lowest BCUT2D eigenvalue weighted by molar-refractivity contribution is 0.00844. The molecule has 70 heavy (non-hydrogen) atoms. The van der Waals surface area contributed by atoms with Gasteiger partial charge in [-0.15, -0.1) is 0 Å². The smallest absolute Gasteiger partial charge is 0.410 e. The molecule has 2 aliphatic heterocycles. The molecule has 3 N–H and O–H groups in total. The second-order valence-electron chi connectivity index (χ2n) is 19.8. The zero-order valence-electron chi connectivity index (χ0n) is 41.4. The molecule has 8 rings (SSSR count). The number of amides is 2. The molecule has 2 unspecified atom stereocenters. The summed E-state index contributed by atoms with van der Waals surface area (Å²) in [5, 5.41) is 39.5. The van der Waals surface area contributed by atoms with Crippen LogP contribution >= 0.6 is 0 Å². The summed E-state index contributed by atoms with van der Waals surface area (Å²) >= 11 is 0. The van der Waals surface area contributed by atoms with Crippen molar-refractivity contribution in [3.63, 3.8) is 0 Å². The van der Waals surface area contributed by atoms with E-state index in [4.69, 9.17) is 14.2 Å². The minimum atomic E-state index is -1.27. The number of hydrogen-bond donors (Lipinski definition) is 3. The fourth-order valence-corrected chi connectivity index (χ4v) is 8.69. The first-order valence-electron chi connectivity index (χ1n) is 23.1. The van der Waals surface area contributed by atoms with Crippen LogP contribution < -0.4 is 11.4 Å². The third-order valence-corrected chi connectivity index (χ3v) is 11.7. The second kappa shape index (κ2) is 19.3. The molecular formula is C48H62N10O12. The average Bonchev–Trinajstić information content (AvgIpc) is 3.99. The maximum atomic E-state index is 13.6. The van der Waals surface area contributed by atoms with Gasteiger partial charge in [0.15, 0.2) is 11.4 Å². The molecule has 0 saturated heterocycles. The Kier molecular flexibility index (Phi) is 14.0. The lowest BCUT2D eigenvalue weighted by atomic mass is 10.1. The van der Waals surface area contributed by atoms with E-state index in [2.05, 4.69) is 10.2 Å². The fraction of sp³-hybridized carbons (Fsp3) is 0.500. The molecule has 2 aliphatic rings. The number of carbonyl (C=O) groups excluding carboxylic acids is 3. The first-order valence-corrected chi connectivity index (χ1v) is 23.1. The monoisotopic (exact) mass is 970 g/mol. The van der Waals surface area contributed by atoms with Gasteiger partial charge in [-0.1, -0.05) is 0 Å². The van der Waals surface area contributed by atoms with Crippen molar-refractivity contribution in [2.24, 2.45) is 0 Å². The molecule has 2 aromatic carbocycles. The maximum Gasteiger partial charge on any atom is 0.410 e. The summed E-state index contributed by atoms with van der Waals surface area (Å²) in [7, 11) is 0. The number of aliphatic hydroxyl groups is 2. The molecule has 0 radical (unpaired) electrons. The average molecular weight is 971 g/mol. The number of fused-ring (bicyclic) bond motifs is 4. The molecule has 0 saturated carbocycles. The van der Waals surface area contributed by atoms with Crippen LogP contribution in [-0.2, 0) is 53.5 Å². The highest BCUT2D eigenvalue weighted by molar-refractivity contribution is 5.91. The number of rotatable bonds is 9. The van der Waals surface area contributed by atoms with Crippen molar-refractivity contribution in [2.45, 2.75) is 151 Å². The summed E-state index contributed by atoms with van der Waals surface area (Å²) in [5.74, 6) is -1.92. The van der Waals surface area contributed by atoms with E-state index in [0.29, 0.717) is 35.5 Å². The fourth-order valence-electron chi connectivity index (χ4n) is 8.69. The van der Waals surface area contributed by atoms with Gasteiger partial charge in [0.05, 0.1) is 103 Å². The molecule has 376 valence electrons. The van der Waals surface area contributed by atoms with Gasteiger partial charge in [-0.3, -0.25) is 37.4 Å². The predicted molar refractivity (Wildman–Crippen MR) is 255 cm³/mol. The van der Waals surface area contributed by atoms with Crippen LogP contribution in [0.5, 0.6) is 0 Å². The Morgan fingerprint density at radius 2 is 1.09 bits per heavy atom. The van der Waals surface area contributed by atoms with Crippen LogP contribution in [0, 0.1) is 0 Å². The number of benzene rings is 2. The van der Waals surface area contributed by atoms with E-state index < -0.39 is 53.2 Å². The van der Waals surface area contributed by atoms with Crippen molar-refractivity contribution in [1.82, 2.24) is 47.6 Å². The van der Waals surface area contributed by atoms with Crippen LogP contribution in [-0.4, -0.2) is 129 Å². The van der Waals surface area contributed by atoms with E-state index >= 15 is 0 Å². The van der Waals surface area contributed by atoms with E-state index in [1.807, 2.05) is 6.92 Å². The summed E-state index contributed by atoms with van der Waals surface area (Å²) in [6.07, 6.45) is 1.03. The molecule has 6 aromatic rings. The summed E-state index contributed by atoms with van der Waals surface area (Å²) in [5.41, 5.74) is 0.662. The van der Waals surface area contributed by atoms with Gasteiger partial charge in [-0.25, -0.2) is 28.8 Å². The van der Waals surface area contributed by atoms with Gasteiger partial charge in [0.2, 0.25) is 0 Å². The third-order valence-electron chi connectivity index (χ3n) is 11.7. The number of aromatic carboxylic acids is 1. The number of imidazole rings is 2. The van der Waals surface area contributed by atoms with Crippen molar-refractivity contribution in [3.8, 4) is 11.4 Å². The number of ether oxygens (including phenoxy) is 3. The van der Waals surface area contributed by atoms with Crippen molar-refractivity contribution < 1.29 is 48.7 Å². The molecular weight excluding hydrogens is 909 g/mol.